The summed E-state index contributed by atoms with van der Waals surface area (Å²) in [5, 5.41) is 2.20. The lowest BCUT2D eigenvalue weighted by Gasteiger charge is -2.31. The summed E-state index contributed by atoms with van der Waals surface area (Å²) in [7, 11) is 0. The van der Waals surface area contributed by atoms with E-state index in [2.05, 4.69) is 5.32 Å². The lowest BCUT2D eigenvalue weighted by molar-refractivity contribution is -0.138. The van der Waals surface area contributed by atoms with Crippen molar-refractivity contribution in [2.45, 2.75) is 19.5 Å². The molecule has 0 radical (unpaired) electrons. The number of nitrogens with zero attached hydrogens (tertiary/aromatic N) is 1. The van der Waals surface area contributed by atoms with E-state index in [0.717, 1.165) is 5.56 Å². The second-order valence-corrected chi connectivity index (χ2v) is 4.43. The Kier molecular flexibility index (Phi) is 3.62. The molecule has 100 valence electrons. The quantitative estimate of drug-likeness (QED) is 0.711. The van der Waals surface area contributed by atoms with Crippen molar-refractivity contribution < 1.29 is 14.4 Å². The molecular formula is C13H15N3O3. The Labute approximate surface area is 110 Å². The van der Waals surface area contributed by atoms with Crippen molar-refractivity contribution in [3.8, 4) is 0 Å². The summed E-state index contributed by atoms with van der Waals surface area (Å²) in [6, 6.07) is 6.20. The Balaban J connectivity index is 2.27. The van der Waals surface area contributed by atoms with Gasteiger partial charge in [-0.1, -0.05) is 12.1 Å². The fraction of sp³-hybridized carbons (Fsp3) is 0.308. The summed E-state index contributed by atoms with van der Waals surface area (Å²) in [6.07, 6.45) is 0. The Hall–Kier alpha value is -2.21. The van der Waals surface area contributed by atoms with Gasteiger partial charge in [-0.3, -0.25) is 19.7 Å². The molecule has 1 atom stereocenters. The van der Waals surface area contributed by atoms with Crippen molar-refractivity contribution in [1.82, 2.24) is 10.2 Å². The van der Waals surface area contributed by atoms with Gasteiger partial charge < -0.3 is 10.6 Å². The Morgan fingerprint density at radius 1 is 1.47 bits per heavy atom. The van der Waals surface area contributed by atoms with E-state index >= 15 is 0 Å². The Bertz CT molecular complexity index is 542. The van der Waals surface area contributed by atoms with Crippen LogP contribution in [-0.2, 0) is 16.1 Å². The maximum atomic E-state index is 12.3. The lowest BCUT2D eigenvalue weighted by atomic mass is 10.1. The SMILES string of the molecule is CC1C(=O)NC(=O)CN1C(=O)c1cccc(CN)c1. The van der Waals surface area contributed by atoms with E-state index in [4.69, 9.17) is 5.73 Å². The first-order valence-corrected chi connectivity index (χ1v) is 5.96. The molecule has 1 aromatic rings. The van der Waals surface area contributed by atoms with Gasteiger partial charge in [-0.25, -0.2) is 0 Å². The third-order valence-electron chi connectivity index (χ3n) is 3.09. The predicted octanol–water partition coefficient (Wildman–Crippen LogP) is -0.368. The highest BCUT2D eigenvalue weighted by molar-refractivity contribution is 6.07. The fourth-order valence-corrected chi connectivity index (χ4v) is 1.96. The number of benzene rings is 1. The number of hydrogen-bond donors (Lipinski definition) is 2. The van der Waals surface area contributed by atoms with Gasteiger partial charge in [0.05, 0.1) is 0 Å². The van der Waals surface area contributed by atoms with E-state index in [1.807, 2.05) is 6.07 Å². The van der Waals surface area contributed by atoms with E-state index in [1.54, 1.807) is 25.1 Å². The number of carbonyl (C=O) groups excluding carboxylic acids is 3. The molecule has 1 unspecified atom stereocenters. The molecule has 3 amide bonds. The topological polar surface area (TPSA) is 92.5 Å². The minimum atomic E-state index is -0.660. The van der Waals surface area contributed by atoms with Gasteiger partial charge >= 0.3 is 0 Å². The van der Waals surface area contributed by atoms with Gasteiger partial charge in [0.1, 0.15) is 12.6 Å². The zero-order valence-corrected chi connectivity index (χ0v) is 10.6. The van der Waals surface area contributed by atoms with Gasteiger partial charge in [0.2, 0.25) is 11.8 Å². The van der Waals surface area contributed by atoms with Crippen LogP contribution in [0.15, 0.2) is 24.3 Å². The molecule has 1 aliphatic heterocycles. The molecule has 6 heteroatoms. The smallest absolute Gasteiger partial charge is 0.255 e. The maximum absolute atomic E-state index is 12.3. The molecule has 1 fully saturated rings. The van der Waals surface area contributed by atoms with E-state index < -0.39 is 17.9 Å². The third kappa shape index (κ3) is 2.63. The van der Waals surface area contributed by atoms with Gasteiger partial charge in [-0.05, 0) is 24.6 Å². The molecule has 0 bridgehead atoms. The monoisotopic (exact) mass is 261 g/mol. The summed E-state index contributed by atoms with van der Waals surface area (Å²) < 4.78 is 0. The largest absolute Gasteiger partial charge is 0.326 e. The number of nitrogens with one attached hydrogen (secondary N) is 1. The minimum Gasteiger partial charge on any atom is -0.326 e. The molecule has 1 saturated heterocycles. The molecule has 0 aliphatic carbocycles. The summed E-state index contributed by atoms with van der Waals surface area (Å²) in [5.41, 5.74) is 6.78. The van der Waals surface area contributed by atoms with E-state index in [9.17, 15) is 14.4 Å². The van der Waals surface area contributed by atoms with Crippen LogP contribution < -0.4 is 11.1 Å². The fourth-order valence-electron chi connectivity index (χ4n) is 1.96. The van der Waals surface area contributed by atoms with Gasteiger partial charge in [0, 0.05) is 12.1 Å². The van der Waals surface area contributed by atoms with Crippen molar-refractivity contribution in [3.63, 3.8) is 0 Å². The Morgan fingerprint density at radius 3 is 2.89 bits per heavy atom. The number of amides is 3. The molecule has 6 nitrogen and oxygen atoms in total. The molecule has 1 aliphatic rings. The van der Waals surface area contributed by atoms with Crippen molar-refractivity contribution in [2.75, 3.05) is 6.54 Å². The zero-order valence-electron chi connectivity index (χ0n) is 10.6. The van der Waals surface area contributed by atoms with E-state index in [1.165, 1.54) is 4.90 Å². The molecular weight excluding hydrogens is 246 g/mol. The molecule has 19 heavy (non-hydrogen) atoms. The summed E-state index contributed by atoms with van der Waals surface area (Å²) in [5.74, 6) is -1.27. The normalized spacial score (nSPS) is 19.3. The summed E-state index contributed by atoms with van der Waals surface area (Å²) in [6.45, 7) is 1.81. The molecule has 3 N–H and O–H groups in total. The minimum absolute atomic E-state index is 0.113. The lowest BCUT2D eigenvalue weighted by Crippen LogP contribution is -2.58. The van der Waals surface area contributed by atoms with E-state index in [-0.39, 0.29) is 12.5 Å². The number of carbonyl (C=O) groups is 3. The number of imide groups is 1. The first kappa shape index (κ1) is 13.2. The predicted molar refractivity (Wildman–Crippen MR) is 68.0 cm³/mol. The highest BCUT2D eigenvalue weighted by atomic mass is 16.2. The van der Waals surface area contributed by atoms with Crippen LogP contribution in [0.25, 0.3) is 0 Å². The molecule has 0 saturated carbocycles. The molecule has 1 aromatic carbocycles. The van der Waals surface area contributed by atoms with Gasteiger partial charge in [-0.2, -0.15) is 0 Å². The second-order valence-electron chi connectivity index (χ2n) is 4.43. The van der Waals surface area contributed by atoms with Crippen LogP contribution in [0.3, 0.4) is 0 Å². The number of rotatable bonds is 2. The number of hydrogen-bond acceptors (Lipinski definition) is 4. The van der Waals surface area contributed by atoms with Crippen LogP contribution in [0.4, 0.5) is 0 Å². The summed E-state index contributed by atoms with van der Waals surface area (Å²) >= 11 is 0. The molecule has 2 rings (SSSR count). The van der Waals surface area contributed by atoms with Crippen molar-refractivity contribution >= 4 is 17.7 Å². The Morgan fingerprint density at radius 2 is 2.21 bits per heavy atom. The maximum Gasteiger partial charge on any atom is 0.255 e. The van der Waals surface area contributed by atoms with Gasteiger partial charge in [0.25, 0.3) is 5.91 Å². The van der Waals surface area contributed by atoms with Crippen molar-refractivity contribution in [2.24, 2.45) is 5.73 Å². The average Bonchev–Trinajstić information content (AvgIpc) is 2.42. The van der Waals surface area contributed by atoms with Crippen LogP contribution in [0.2, 0.25) is 0 Å². The van der Waals surface area contributed by atoms with Gasteiger partial charge in [-0.15, -0.1) is 0 Å². The summed E-state index contributed by atoms with van der Waals surface area (Å²) in [4.78, 5) is 36.5. The molecule has 1 heterocycles. The van der Waals surface area contributed by atoms with Crippen LogP contribution in [0.5, 0.6) is 0 Å². The third-order valence-corrected chi connectivity index (χ3v) is 3.09. The van der Waals surface area contributed by atoms with Crippen LogP contribution in [-0.4, -0.2) is 35.2 Å². The van der Waals surface area contributed by atoms with Crippen LogP contribution in [0, 0.1) is 0 Å². The molecule has 0 spiro atoms. The van der Waals surface area contributed by atoms with Crippen molar-refractivity contribution in [3.05, 3.63) is 35.4 Å². The van der Waals surface area contributed by atoms with Gasteiger partial charge in [0.15, 0.2) is 0 Å². The van der Waals surface area contributed by atoms with Crippen LogP contribution >= 0.6 is 0 Å². The zero-order chi connectivity index (χ0) is 14.0. The van der Waals surface area contributed by atoms with Crippen molar-refractivity contribution in [1.29, 1.82) is 0 Å². The van der Waals surface area contributed by atoms with E-state index in [0.29, 0.717) is 12.1 Å². The number of nitrogens with two attached hydrogens (primary N) is 1. The average molecular weight is 261 g/mol. The first-order valence-electron chi connectivity index (χ1n) is 5.96. The highest BCUT2D eigenvalue weighted by Crippen LogP contribution is 2.13. The molecule has 0 aromatic heterocycles. The van der Waals surface area contributed by atoms with Crippen LogP contribution in [0.1, 0.15) is 22.8 Å². The second kappa shape index (κ2) is 5.19. The number of piperazine rings is 1. The standard InChI is InChI=1S/C13H15N3O3/c1-8-12(18)15-11(17)7-16(8)13(19)10-4-2-3-9(5-10)6-14/h2-5,8H,6-7,14H2,1H3,(H,15,17,18). The highest BCUT2D eigenvalue weighted by Gasteiger charge is 2.33. The first-order chi connectivity index (χ1) is 9.02.